The minimum atomic E-state index is -0.718. The summed E-state index contributed by atoms with van der Waals surface area (Å²) in [5.74, 6) is -0.136. The molecule has 1 aromatic carbocycles. The van der Waals surface area contributed by atoms with Crippen LogP contribution in [0.1, 0.15) is 57.9 Å². The molecule has 6 nitrogen and oxygen atoms in total. The molecular formula is C22H32N2O4. The highest BCUT2D eigenvalue weighted by Crippen LogP contribution is 2.30. The van der Waals surface area contributed by atoms with Crippen LogP contribution in [0.2, 0.25) is 0 Å². The summed E-state index contributed by atoms with van der Waals surface area (Å²) < 4.78 is 4.78. The van der Waals surface area contributed by atoms with Gasteiger partial charge in [0.25, 0.3) is 0 Å². The molecule has 1 saturated carbocycles. The van der Waals surface area contributed by atoms with E-state index in [4.69, 9.17) is 4.74 Å². The van der Waals surface area contributed by atoms with Gasteiger partial charge in [-0.25, -0.2) is 4.79 Å². The highest BCUT2D eigenvalue weighted by Gasteiger charge is 2.25. The zero-order valence-electron chi connectivity index (χ0n) is 17.1. The van der Waals surface area contributed by atoms with Gasteiger partial charge in [0.2, 0.25) is 11.8 Å². The van der Waals surface area contributed by atoms with Crippen LogP contribution in [0.5, 0.6) is 0 Å². The number of carbonyl (C=O) groups excluding carboxylic acids is 3. The van der Waals surface area contributed by atoms with Crippen LogP contribution in [-0.2, 0) is 25.5 Å². The van der Waals surface area contributed by atoms with Gasteiger partial charge in [0, 0.05) is 24.4 Å². The van der Waals surface area contributed by atoms with E-state index in [0.29, 0.717) is 18.8 Å². The second-order valence-electron chi connectivity index (χ2n) is 7.57. The molecule has 2 rings (SSSR count). The fraction of sp³-hybridized carbons (Fsp3) is 0.591. The number of ether oxygens (including phenoxy) is 1. The van der Waals surface area contributed by atoms with E-state index in [-0.39, 0.29) is 17.7 Å². The Morgan fingerprint density at radius 3 is 2.32 bits per heavy atom. The number of amides is 2. The molecule has 6 heteroatoms. The van der Waals surface area contributed by atoms with Crippen LogP contribution in [0.25, 0.3) is 0 Å². The SMILES string of the molecule is CCC(=O)N[C@H](Cc1ccc(NC(=O)[C@@H](C)C2CCCCC2)cc1)C(=O)OC. The van der Waals surface area contributed by atoms with Gasteiger partial charge in [0.15, 0.2) is 0 Å². The first kappa shape index (κ1) is 21.9. The summed E-state index contributed by atoms with van der Waals surface area (Å²) in [6.45, 7) is 3.74. The van der Waals surface area contributed by atoms with Crippen molar-refractivity contribution in [3.8, 4) is 0 Å². The van der Waals surface area contributed by atoms with E-state index in [0.717, 1.165) is 24.1 Å². The van der Waals surface area contributed by atoms with Crippen molar-refractivity contribution in [3.63, 3.8) is 0 Å². The quantitative estimate of drug-likeness (QED) is 0.668. The second kappa shape index (κ2) is 10.8. The number of benzene rings is 1. The van der Waals surface area contributed by atoms with Crippen LogP contribution in [0, 0.1) is 11.8 Å². The van der Waals surface area contributed by atoms with Crippen molar-refractivity contribution >= 4 is 23.5 Å². The van der Waals surface area contributed by atoms with Gasteiger partial charge in [-0.15, -0.1) is 0 Å². The molecule has 2 amide bonds. The smallest absolute Gasteiger partial charge is 0.328 e. The Kier molecular flexibility index (Phi) is 8.48. The maximum absolute atomic E-state index is 12.5. The molecule has 1 aliphatic rings. The first-order valence-electron chi connectivity index (χ1n) is 10.2. The number of esters is 1. The predicted octanol–water partition coefficient (Wildman–Crippen LogP) is 3.45. The number of nitrogens with one attached hydrogen (secondary N) is 2. The van der Waals surface area contributed by atoms with Gasteiger partial charge in [0.05, 0.1) is 7.11 Å². The van der Waals surface area contributed by atoms with E-state index in [1.165, 1.54) is 26.4 Å². The van der Waals surface area contributed by atoms with Gasteiger partial charge in [-0.05, 0) is 36.5 Å². The fourth-order valence-electron chi connectivity index (χ4n) is 3.70. The Morgan fingerprint density at radius 1 is 1.11 bits per heavy atom. The van der Waals surface area contributed by atoms with Crippen LogP contribution >= 0.6 is 0 Å². The van der Waals surface area contributed by atoms with Gasteiger partial charge < -0.3 is 15.4 Å². The molecule has 0 saturated heterocycles. The van der Waals surface area contributed by atoms with E-state index >= 15 is 0 Å². The summed E-state index contributed by atoms with van der Waals surface area (Å²) in [4.78, 5) is 36.1. The number of hydrogen-bond donors (Lipinski definition) is 2. The minimum absolute atomic E-state index is 0.00735. The minimum Gasteiger partial charge on any atom is -0.467 e. The van der Waals surface area contributed by atoms with Crippen LogP contribution in [0.3, 0.4) is 0 Å². The summed E-state index contributed by atoms with van der Waals surface area (Å²) in [5.41, 5.74) is 1.62. The highest BCUT2D eigenvalue weighted by molar-refractivity contribution is 5.92. The zero-order valence-corrected chi connectivity index (χ0v) is 17.1. The second-order valence-corrected chi connectivity index (χ2v) is 7.57. The molecule has 1 aromatic rings. The molecule has 1 fully saturated rings. The third-order valence-corrected chi connectivity index (χ3v) is 5.57. The summed E-state index contributed by atoms with van der Waals surface area (Å²) >= 11 is 0. The lowest BCUT2D eigenvalue weighted by atomic mass is 9.80. The first-order chi connectivity index (χ1) is 13.4. The third-order valence-electron chi connectivity index (χ3n) is 5.57. The Hall–Kier alpha value is -2.37. The van der Waals surface area contributed by atoms with Crippen molar-refractivity contribution < 1.29 is 19.1 Å². The highest BCUT2D eigenvalue weighted by atomic mass is 16.5. The van der Waals surface area contributed by atoms with Crippen molar-refractivity contribution in [3.05, 3.63) is 29.8 Å². The maximum atomic E-state index is 12.5. The average Bonchev–Trinajstić information content (AvgIpc) is 2.73. The lowest BCUT2D eigenvalue weighted by Gasteiger charge is -2.26. The first-order valence-corrected chi connectivity index (χ1v) is 10.2. The molecule has 0 heterocycles. The van der Waals surface area contributed by atoms with Crippen LogP contribution in [0.4, 0.5) is 5.69 Å². The fourth-order valence-corrected chi connectivity index (χ4v) is 3.70. The summed E-state index contributed by atoms with van der Waals surface area (Å²) in [5, 5.41) is 5.68. The van der Waals surface area contributed by atoms with Crippen molar-refractivity contribution in [2.45, 2.75) is 64.8 Å². The van der Waals surface area contributed by atoms with Gasteiger partial charge in [-0.3, -0.25) is 9.59 Å². The van der Waals surface area contributed by atoms with Gasteiger partial charge in [-0.1, -0.05) is 45.2 Å². The molecule has 0 aromatic heterocycles. The molecular weight excluding hydrogens is 356 g/mol. The molecule has 154 valence electrons. The van der Waals surface area contributed by atoms with Gasteiger partial charge in [-0.2, -0.15) is 0 Å². The largest absolute Gasteiger partial charge is 0.467 e. The van der Waals surface area contributed by atoms with E-state index in [1.807, 2.05) is 31.2 Å². The maximum Gasteiger partial charge on any atom is 0.328 e. The zero-order chi connectivity index (χ0) is 20.5. The Morgan fingerprint density at radius 2 is 1.75 bits per heavy atom. The lowest BCUT2D eigenvalue weighted by molar-refractivity contribution is -0.145. The standard InChI is InChI=1S/C22H32N2O4/c1-4-20(25)24-19(22(27)28-3)14-16-10-12-18(13-11-16)23-21(26)15(2)17-8-6-5-7-9-17/h10-13,15,17,19H,4-9,14H2,1-3H3,(H,23,26)(H,24,25)/t15-,19+/m0/s1. The van der Waals surface area contributed by atoms with Crippen LogP contribution in [0.15, 0.2) is 24.3 Å². The molecule has 0 bridgehead atoms. The van der Waals surface area contributed by atoms with E-state index in [2.05, 4.69) is 10.6 Å². The Labute approximate surface area is 167 Å². The molecule has 0 spiro atoms. The lowest BCUT2D eigenvalue weighted by Crippen LogP contribution is -2.42. The number of anilines is 1. The molecule has 0 radical (unpaired) electrons. The molecule has 2 atom stereocenters. The number of hydrogen-bond acceptors (Lipinski definition) is 4. The van der Waals surface area contributed by atoms with Crippen molar-refractivity contribution in [1.82, 2.24) is 5.32 Å². The van der Waals surface area contributed by atoms with Crippen LogP contribution in [-0.4, -0.2) is 30.9 Å². The Balaban J connectivity index is 1.94. The van der Waals surface area contributed by atoms with E-state index in [1.54, 1.807) is 6.92 Å². The van der Waals surface area contributed by atoms with Crippen molar-refractivity contribution in [2.24, 2.45) is 11.8 Å². The van der Waals surface area contributed by atoms with Crippen molar-refractivity contribution in [2.75, 3.05) is 12.4 Å². The number of methoxy groups -OCH3 is 1. The Bertz CT molecular complexity index is 666. The van der Waals surface area contributed by atoms with E-state index < -0.39 is 12.0 Å². The summed E-state index contributed by atoms with van der Waals surface area (Å²) in [6.07, 6.45) is 6.61. The van der Waals surface area contributed by atoms with Gasteiger partial charge >= 0.3 is 5.97 Å². The molecule has 0 unspecified atom stereocenters. The molecule has 2 N–H and O–H groups in total. The normalized spacial score (nSPS) is 16.7. The summed E-state index contributed by atoms with van der Waals surface area (Å²) in [6, 6.07) is 6.65. The van der Waals surface area contributed by atoms with Crippen molar-refractivity contribution in [1.29, 1.82) is 0 Å². The monoisotopic (exact) mass is 388 g/mol. The molecule has 1 aliphatic carbocycles. The van der Waals surface area contributed by atoms with Gasteiger partial charge in [0.1, 0.15) is 6.04 Å². The average molecular weight is 389 g/mol. The number of rotatable bonds is 8. The summed E-state index contributed by atoms with van der Waals surface area (Å²) in [7, 11) is 1.31. The van der Waals surface area contributed by atoms with E-state index in [9.17, 15) is 14.4 Å². The topological polar surface area (TPSA) is 84.5 Å². The van der Waals surface area contributed by atoms with Crippen LogP contribution < -0.4 is 10.6 Å². The number of carbonyl (C=O) groups is 3. The molecule has 28 heavy (non-hydrogen) atoms. The molecule has 0 aliphatic heterocycles. The predicted molar refractivity (Wildman–Crippen MR) is 109 cm³/mol. The third kappa shape index (κ3) is 6.36.